The molecule has 1 aliphatic rings. The van der Waals surface area contributed by atoms with Crippen molar-refractivity contribution >= 4 is 27.3 Å². The molecule has 0 atom stereocenters. The zero-order valence-corrected chi connectivity index (χ0v) is 17.2. The molecule has 1 saturated heterocycles. The Kier molecular flexibility index (Phi) is 8.03. The van der Waals surface area contributed by atoms with Gasteiger partial charge in [0.2, 0.25) is 15.9 Å². The molecule has 152 valence electrons. The maximum Gasteiger partial charge on any atom is 0.225 e. The van der Waals surface area contributed by atoms with Gasteiger partial charge in [-0.2, -0.15) is 0 Å². The van der Waals surface area contributed by atoms with E-state index in [1.807, 2.05) is 43.3 Å². The summed E-state index contributed by atoms with van der Waals surface area (Å²) in [5.41, 5.74) is 1.70. The summed E-state index contributed by atoms with van der Waals surface area (Å²) in [4.78, 5) is 16.5. The lowest BCUT2D eigenvalue weighted by Gasteiger charge is -2.30. The van der Waals surface area contributed by atoms with Crippen LogP contribution in [-0.2, 0) is 19.6 Å². The van der Waals surface area contributed by atoms with E-state index in [1.165, 1.54) is 10.6 Å². The number of ether oxygens (including phenoxy) is 1. The van der Waals surface area contributed by atoms with Crippen molar-refractivity contribution < 1.29 is 17.9 Å². The van der Waals surface area contributed by atoms with E-state index in [0.717, 1.165) is 24.5 Å². The summed E-state index contributed by atoms with van der Waals surface area (Å²) in [5.74, 6) is -0.200. The van der Waals surface area contributed by atoms with E-state index in [4.69, 9.17) is 4.74 Å². The van der Waals surface area contributed by atoms with Gasteiger partial charge < -0.3 is 19.9 Å². The van der Waals surface area contributed by atoms with Crippen molar-refractivity contribution in [3.05, 3.63) is 24.3 Å². The monoisotopic (exact) mass is 398 g/mol. The number of hydrogen-bond donors (Lipinski definition) is 1. The van der Waals surface area contributed by atoms with Gasteiger partial charge in [0, 0.05) is 39.1 Å². The first kappa shape index (κ1) is 21.6. The van der Waals surface area contributed by atoms with Gasteiger partial charge in [-0.05, 0) is 26.2 Å². The van der Waals surface area contributed by atoms with Crippen molar-refractivity contribution in [1.29, 1.82) is 0 Å². The summed E-state index contributed by atoms with van der Waals surface area (Å²) in [7, 11) is 0.419. The van der Waals surface area contributed by atoms with Crippen LogP contribution in [0.1, 0.15) is 6.42 Å². The third-order valence-corrected chi connectivity index (χ3v) is 5.69. The molecular formula is C18H30N4O4S. The van der Waals surface area contributed by atoms with Crippen LogP contribution >= 0.6 is 0 Å². The zero-order chi connectivity index (χ0) is 19.9. The van der Waals surface area contributed by atoms with Crippen LogP contribution in [0.2, 0.25) is 0 Å². The summed E-state index contributed by atoms with van der Waals surface area (Å²) in [6.45, 7) is 4.02. The number of amides is 1. The van der Waals surface area contributed by atoms with Crippen molar-refractivity contribution in [1.82, 2.24) is 9.21 Å². The predicted octanol–water partition coefficient (Wildman–Crippen LogP) is 0.675. The van der Waals surface area contributed by atoms with Gasteiger partial charge >= 0.3 is 0 Å². The number of carbonyl (C=O) groups excluding carboxylic acids is 1. The van der Waals surface area contributed by atoms with Gasteiger partial charge in [-0.1, -0.05) is 12.1 Å². The van der Waals surface area contributed by atoms with Gasteiger partial charge in [0.05, 0.1) is 30.8 Å². The number of anilines is 2. The average molecular weight is 399 g/mol. The molecule has 0 unspecified atom stereocenters. The molecule has 8 nitrogen and oxygen atoms in total. The van der Waals surface area contributed by atoms with Gasteiger partial charge in [-0.15, -0.1) is 0 Å². The summed E-state index contributed by atoms with van der Waals surface area (Å²) in [6.07, 6.45) is 1.28. The normalized spacial score (nSPS) is 15.4. The highest BCUT2D eigenvalue weighted by atomic mass is 32.2. The molecule has 1 amide bonds. The van der Waals surface area contributed by atoms with E-state index in [0.29, 0.717) is 26.3 Å². The second-order valence-electron chi connectivity index (χ2n) is 6.88. The fourth-order valence-corrected chi connectivity index (χ4v) is 3.69. The van der Waals surface area contributed by atoms with E-state index >= 15 is 0 Å². The van der Waals surface area contributed by atoms with Gasteiger partial charge in [0.15, 0.2) is 0 Å². The van der Waals surface area contributed by atoms with Crippen LogP contribution in [0.15, 0.2) is 24.3 Å². The fourth-order valence-electron chi connectivity index (χ4n) is 2.85. The Balaban J connectivity index is 1.96. The number of nitrogens with zero attached hydrogens (tertiary/aromatic N) is 3. The summed E-state index contributed by atoms with van der Waals surface area (Å²) >= 11 is 0. The highest BCUT2D eigenvalue weighted by Gasteiger charge is 2.19. The SMILES string of the molecule is CN(C)CCN(CCC(=O)Nc1ccccc1N1CCOCC1)S(C)(=O)=O. The largest absolute Gasteiger partial charge is 0.378 e. The molecule has 1 N–H and O–H groups in total. The maximum absolute atomic E-state index is 12.4. The number of nitrogens with one attached hydrogen (secondary N) is 1. The van der Waals surface area contributed by atoms with Crippen LogP contribution in [0.4, 0.5) is 11.4 Å². The molecular weight excluding hydrogens is 368 g/mol. The molecule has 1 heterocycles. The smallest absolute Gasteiger partial charge is 0.225 e. The summed E-state index contributed by atoms with van der Waals surface area (Å²) in [6, 6.07) is 7.65. The van der Waals surface area contributed by atoms with Gasteiger partial charge in [0.25, 0.3) is 0 Å². The Morgan fingerprint density at radius 2 is 1.81 bits per heavy atom. The first-order chi connectivity index (χ1) is 12.8. The Morgan fingerprint density at radius 1 is 1.15 bits per heavy atom. The minimum atomic E-state index is -3.35. The van der Waals surface area contributed by atoms with Crippen molar-refractivity contribution in [3.8, 4) is 0 Å². The molecule has 1 aromatic carbocycles. The fraction of sp³-hybridized carbons (Fsp3) is 0.611. The van der Waals surface area contributed by atoms with Gasteiger partial charge in [-0.3, -0.25) is 4.79 Å². The van der Waals surface area contributed by atoms with E-state index in [2.05, 4.69) is 10.2 Å². The third-order valence-electron chi connectivity index (χ3n) is 4.38. The molecule has 1 fully saturated rings. The summed E-state index contributed by atoms with van der Waals surface area (Å²) < 4.78 is 30.6. The van der Waals surface area contributed by atoms with E-state index in [9.17, 15) is 13.2 Å². The highest BCUT2D eigenvalue weighted by molar-refractivity contribution is 7.88. The van der Waals surface area contributed by atoms with Crippen molar-refractivity contribution in [2.45, 2.75) is 6.42 Å². The number of para-hydroxylation sites is 2. The minimum Gasteiger partial charge on any atom is -0.378 e. The van der Waals surface area contributed by atoms with Crippen LogP contribution in [-0.4, -0.2) is 89.8 Å². The highest BCUT2D eigenvalue weighted by Crippen LogP contribution is 2.26. The van der Waals surface area contributed by atoms with E-state index in [1.54, 1.807) is 0 Å². The molecule has 27 heavy (non-hydrogen) atoms. The molecule has 0 spiro atoms. The number of benzene rings is 1. The molecule has 1 aliphatic heterocycles. The van der Waals surface area contributed by atoms with Crippen LogP contribution in [0.25, 0.3) is 0 Å². The Labute approximate surface area is 162 Å². The van der Waals surface area contributed by atoms with Crippen molar-refractivity contribution in [3.63, 3.8) is 0 Å². The standard InChI is InChI=1S/C18H30N4O4S/c1-20(2)10-11-22(27(3,24)25)9-8-18(23)19-16-6-4-5-7-17(16)21-12-14-26-15-13-21/h4-7H,8-15H2,1-3H3,(H,19,23). The number of hydrogen-bond acceptors (Lipinski definition) is 6. The second kappa shape index (κ2) is 10.0. The van der Waals surface area contributed by atoms with Crippen LogP contribution in [0, 0.1) is 0 Å². The van der Waals surface area contributed by atoms with Crippen LogP contribution in [0.3, 0.4) is 0 Å². The number of sulfonamides is 1. The second-order valence-corrected chi connectivity index (χ2v) is 8.86. The Bertz CT molecular complexity index is 718. The lowest BCUT2D eigenvalue weighted by Crippen LogP contribution is -2.38. The van der Waals surface area contributed by atoms with Crippen LogP contribution < -0.4 is 10.2 Å². The predicted molar refractivity (Wildman–Crippen MR) is 108 cm³/mol. The van der Waals surface area contributed by atoms with Gasteiger partial charge in [0.1, 0.15) is 0 Å². The molecule has 0 saturated carbocycles. The lowest BCUT2D eigenvalue weighted by molar-refractivity contribution is -0.116. The minimum absolute atomic E-state index is 0.109. The molecule has 1 aromatic rings. The molecule has 0 aliphatic carbocycles. The van der Waals surface area contributed by atoms with Crippen molar-refractivity contribution in [2.24, 2.45) is 0 Å². The van der Waals surface area contributed by atoms with Crippen LogP contribution in [0.5, 0.6) is 0 Å². The molecule has 0 radical (unpaired) electrons. The number of rotatable bonds is 9. The number of morpholine rings is 1. The maximum atomic E-state index is 12.4. The van der Waals surface area contributed by atoms with Crippen molar-refractivity contribution in [2.75, 3.05) is 76.5 Å². The molecule has 9 heteroatoms. The Morgan fingerprint density at radius 3 is 2.44 bits per heavy atom. The zero-order valence-electron chi connectivity index (χ0n) is 16.3. The van der Waals surface area contributed by atoms with E-state index < -0.39 is 10.0 Å². The van der Waals surface area contributed by atoms with Gasteiger partial charge in [-0.25, -0.2) is 12.7 Å². The number of carbonyl (C=O) groups is 1. The molecule has 0 bridgehead atoms. The first-order valence-electron chi connectivity index (χ1n) is 9.09. The molecule has 2 rings (SSSR count). The average Bonchev–Trinajstić information content (AvgIpc) is 2.61. The molecule has 0 aromatic heterocycles. The topological polar surface area (TPSA) is 82.2 Å². The first-order valence-corrected chi connectivity index (χ1v) is 10.9. The van der Waals surface area contributed by atoms with E-state index in [-0.39, 0.29) is 18.9 Å². The third kappa shape index (κ3) is 7.10. The number of likely N-dealkylation sites (N-methyl/N-ethyl adjacent to an activating group) is 1. The summed E-state index contributed by atoms with van der Waals surface area (Å²) in [5, 5.41) is 2.93. The lowest BCUT2D eigenvalue weighted by atomic mass is 10.2. The Hall–Kier alpha value is -1.68. The quantitative estimate of drug-likeness (QED) is 0.659.